The molecule has 3 nitrogen and oxygen atoms in total. The quantitative estimate of drug-likeness (QED) is 0.217. The molecule has 164 valence electrons. The summed E-state index contributed by atoms with van der Waals surface area (Å²) in [6, 6.07) is 13.5. The van der Waals surface area contributed by atoms with Crippen LogP contribution in [-0.2, 0) is 19.7 Å². The summed E-state index contributed by atoms with van der Waals surface area (Å²) >= 11 is 0. The molecule has 10 heteroatoms. The molecule has 0 saturated heterocycles. The Labute approximate surface area is 174 Å². The van der Waals surface area contributed by atoms with Gasteiger partial charge in [0, 0.05) is 0 Å². The maximum atomic E-state index is 13.5. The van der Waals surface area contributed by atoms with E-state index < -0.39 is 45.1 Å². The summed E-state index contributed by atoms with van der Waals surface area (Å²) in [5, 5.41) is 0. The third kappa shape index (κ3) is 4.59. The van der Waals surface area contributed by atoms with Crippen molar-refractivity contribution in [3.8, 4) is 0 Å². The van der Waals surface area contributed by atoms with E-state index in [4.69, 9.17) is 0 Å². The predicted octanol–water partition coefficient (Wildman–Crippen LogP) is 5.30. The van der Waals surface area contributed by atoms with Gasteiger partial charge in [0.25, 0.3) is 0 Å². The van der Waals surface area contributed by atoms with Crippen molar-refractivity contribution >= 4 is 10.1 Å². The molecular formula is C21H14F6O3S. The highest BCUT2D eigenvalue weighted by atomic mass is 32.2. The highest BCUT2D eigenvalue weighted by Gasteiger charge is 2.49. The van der Waals surface area contributed by atoms with Gasteiger partial charge in [-0.25, -0.2) is 13.2 Å². The smallest absolute Gasteiger partial charge is 0.262 e. The van der Waals surface area contributed by atoms with Crippen LogP contribution >= 0.6 is 0 Å². The maximum absolute atomic E-state index is 13.5. The van der Waals surface area contributed by atoms with E-state index in [9.17, 15) is 34.8 Å². The molecule has 0 saturated carbocycles. The number of hydrogen-bond donors (Lipinski definition) is 0. The molecule has 3 rings (SSSR count). The second-order valence-corrected chi connectivity index (χ2v) is 8.19. The molecule has 0 aromatic heterocycles. The number of halogens is 6. The van der Waals surface area contributed by atoms with Gasteiger partial charge in [-0.15, -0.1) is 0 Å². The van der Waals surface area contributed by atoms with E-state index in [-0.39, 0.29) is 16.7 Å². The van der Waals surface area contributed by atoms with Crippen LogP contribution in [0.15, 0.2) is 72.8 Å². The minimum Gasteiger partial charge on any atom is -0.262 e. The monoisotopic (exact) mass is 460 g/mol. The van der Waals surface area contributed by atoms with E-state index in [1.165, 1.54) is 36.4 Å². The molecule has 0 aliphatic rings. The van der Waals surface area contributed by atoms with E-state index in [2.05, 4.69) is 4.18 Å². The Morgan fingerprint density at radius 2 is 0.903 bits per heavy atom. The molecule has 0 radical (unpaired) electrons. The molecule has 3 aromatic carbocycles. The van der Waals surface area contributed by atoms with Crippen LogP contribution in [0.25, 0.3) is 0 Å². The van der Waals surface area contributed by atoms with Crippen molar-refractivity contribution in [2.24, 2.45) is 0 Å². The lowest BCUT2D eigenvalue weighted by Crippen LogP contribution is -2.38. The fraction of sp³-hybridized carbons (Fsp3) is 0.143. The van der Waals surface area contributed by atoms with Crippen LogP contribution < -0.4 is 0 Å². The first kappa shape index (κ1) is 22.8. The third-order valence-electron chi connectivity index (χ3n) is 4.73. The van der Waals surface area contributed by atoms with E-state index in [0.29, 0.717) is 0 Å². The van der Waals surface area contributed by atoms with Gasteiger partial charge in [0.15, 0.2) is 0 Å². The first-order valence-electron chi connectivity index (χ1n) is 8.69. The molecule has 0 heterocycles. The van der Waals surface area contributed by atoms with Crippen molar-refractivity contribution in [1.29, 1.82) is 0 Å². The second-order valence-electron chi connectivity index (χ2n) is 6.59. The molecule has 0 fully saturated rings. The van der Waals surface area contributed by atoms with Crippen molar-refractivity contribution in [3.05, 3.63) is 107 Å². The summed E-state index contributed by atoms with van der Waals surface area (Å²) in [6.45, 7) is -1.10. The zero-order valence-corrected chi connectivity index (χ0v) is 16.4. The van der Waals surface area contributed by atoms with Gasteiger partial charge in [-0.2, -0.15) is 21.6 Å². The van der Waals surface area contributed by atoms with Crippen LogP contribution in [0.2, 0.25) is 0 Å². The highest BCUT2D eigenvalue weighted by molar-refractivity contribution is 7.87. The largest absolute Gasteiger partial charge is 0.523 e. The number of rotatable bonds is 6. The molecule has 0 bridgehead atoms. The van der Waals surface area contributed by atoms with Crippen molar-refractivity contribution in [2.75, 3.05) is 6.61 Å². The molecule has 0 aliphatic carbocycles. The molecule has 3 aromatic rings. The Morgan fingerprint density at radius 3 is 1.16 bits per heavy atom. The van der Waals surface area contributed by atoms with Gasteiger partial charge in [-0.1, -0.05) is 36.4 Å². The molecule has 0 unspecified atom stereocenters. The summed E-state index contributed by atoms with van der Waals surface area (Å²) < 4.78 is 107. The fourth-order valence-corrected chi connectivity index (χ4v) is 3.65. The minimum atomic E-state index is -6.00. The van der Waals surface area contributed by atoms with Gasteiger partial charge in [0.1, 0.15) is 17.5 Å². The molecular weight excluding hydrogens is 446 g/mol. The number of benzene rings is 3. The first-order valence-corrected chi connectivity index (χ1v) is 10.1. The van der Waals surface area contributed by atoms with Crippen LogP contribution in [0.1, 0.15) is 16.7 Å². The summed E-state index contributed by atoms with van der Waals surface area (Å²) in [5.74, 6) is -1.96. The summed E-state index contributed by atoms with van der Waals surface area (Å²) in [6.07, 6.45) is 0. The Bertz CT molecular complexity index is 1030. The number of alkyl halides is 3. The van der Waals surface area contributed by atoms with Crippen LogP contribution in [0.5, 0.6) is 0 Å². The minimum absolute atomic E-state index is 0.143. The van der Waals surface area contributed by atoms with E-state index in [0.717, 1.165) is 36.4 Å². The lowest BCUT2D eigenvalue weighted by atomic mass is 9.70. The fourth-order valence-electron chi connectivity index (χ4n) is 3.19. The van der Waals surface area contributed by atoms with Gasteiger partial charge in [-0.05, 0) is 53.1 Å². The van der Waals surface area contributed by atoms with Gasteiger partial charge in [-0.3, -0.25) is 4.18 Å². The first-order chi connectivity index (χ1) is 14.5. The molecule has 0 N–H and O–H groups in total. The van der Waals surface area contributed by atoms with E-state index >= 15 is 0 Å². The van der Waals surface area contributed by atoms with Gasteiger partial charge < -0.3 is 0 Å². The van der Waals surface area contributed by atoms with Crippen molar-refractivity contribution < 1.29 is 38.9 Å². The van der Waals surface area contributed by atoms with Crippen LogP contribution in [0, 0.1) is 17.5 Å². The molecule has 0 atom stereocenters. The Hall–Kier alpha value is -2.85. The Balaban J connectivity index is 2.28. The second kappa shape index (κ2) is 8.35. The Morgan fingerprint density at radius 1 is 0.613 bits per heavy atom. The maximum Gasteiger partial charge on any atom is 0.523 e. The standard InChI is InChI=1S/C21H14F6O3S/c22-17-7-1-14(2-8-17)20(15-3-9-18(23)10-4-15,16-5-11-19(24)12-6-16)13-30-31(28,29)21(25,26)27/h1-12H,13H2. The van der Waals surface area contributed by atoms with Crippen LogP contribution in [-0.4, -0.2) is 20.5 Å². The van der Waals surface area contributed by atoms with Crippen molar-refractivity contribution in [2.45, 2.75) is 10.9 Å². The zero-order valence-electron chi connectivity index (χ0n) is 15.5. The van der Waals surface area contributed by atoms with Gasteiger partial charge in [0.2, 0.25) is 0 Å². The molecule has 0 spiro atoms. The summed E-state index contributed by atoms with van der Waals surface area (Å²) in [7, 11) is -6.00. The van der Waals surface area contributed by atoms with Gasteiger partial charge >= 0.3 is 15.6 Å². The SMILES string of the molecule is O=S(=O)(OCC(c1ccc(F)cc1)(c1ccc(F)cc1)c1ccc(F)cc1)C(F)(F)F. The summed E-state index contributed by atoms with van der Waals surface area (Å²) in [5.41, 5.74) is -7.03. The normalized spacial score (nSPS) is 12.7. The van der Waals surface area contributed by atoms with E-state index in [1.54, 1.807) is 0 Å². The van der Waals surface area contributed by atoms with E-state index in [1.807, 2.05) is 0 Å². The third-order valence-corrected chi connectivity index (χ3v) is 5.72. The zero-order chi connectivity index (χ0) is 22.9. The topological polar surface area (TPSA) is 43.4 Å². The molecule has 0 aliphatic heterocycles. The van der Waals surface area contributed by atoms with Crippen molar-refractivity contribution in [3.63, 3.8) is 0 Å². The lowest BCUT2D eigenvalue weighted by molar-refractivity contribution is -0.0548. The Kier molecular flexibility index (Phi) is 6.15. The van der Waals surface area contributed by atoms with Crippen LogP contribution in [0.4, 0.5) is 26.3 Å². The van der Waals surface area contributed by atoms with Crippen molar-refractivity contribution in [1.82, 2.24) is 0 Å². The predicted molar refractivity (Wildman–Crippen MR) is 100 cm³/mol. The summed E-state index contributed by atoms with van der Waals surface area (Å²) in [4.78, 5) is 0. The average Bonchev–Trinajstić information content (AvgIpc) is 2.71. The molecule has 31 heavy (non-hydrogen) atoms. The lowest BCUT2D eigenvalue weighted by Gasteiger charge is -2.35. The average molecular weight is 460 g/mol. The highest BCUT2D eigenvalue weighted by Crippen LogP contribution is 2.41. The number of hydrogen-bond acceptors (Lipinski definition) is 3. The van der Waals surface area contributed by atoms with Crippen LogP contribution in [0.3, 0.4) is 0 Å². The molecule has 0 amide bonds. The van der Waals surface area contributed by atoms with Gasteiger partial charge in [0.05, 0.1) is 12.0 Å².